The summed E-state index contributed by atoms with van der Waals surface area (Å²) < 4.78 is 18.2. The Bertz CT molecular complexity index is 608. The Kier molecular flexibility index (Phi) is 4.74. The van der Waals surface area contributed by atoms with E-state index in [1.54, 1.807) is 12.1 Å². The topological polar surface area (TPSA) is 26.3 Å². The van der Waals surface area contributed by atoms with Crippen LogP contribution < -0.4 is 4.74 Å². The lowest BCUT2D eigenvalue weighted by Gasteiger charge is -2.08. The summed E-state index contributed by atoms with van der Waals surface area (Å²) in [7, 11) is 0. The Balaban J connectivity index is 2.01. The quantitative estimate of drug-likeness (QED) is 0.768. The molecule has 0 N–H and O–H groups in total. The van der Waals surface area contributed by atoms with Crippen LogP contribution >= 0.6 is 11.6 Å². The lowest BCUT2D eigenvalue weighted by molar-refractivity contribution is 0.0921. The first-order valence-electron chi connectivity index (χ1n) is 6.30. The predicted octanol–water partition coefficient (Wildman–Crippen LogP) is 4.30. The molecule has 0 amide bonds. The van der Waals surface area contributed by atoms with Gasteiger partial charge in [0.15, 0.2) is 12.4 Å². The molecule has 2 nitrogen and oxygen atoms in total. The molecular formula is C16H14ClFO2. The zero-order chi connectivity index (χ0) is 14.5. The highest BCUT2D eigenvalue weighted by atomic mass is 35.5. The van der Waals surface area contributed by atoms with Crippen LogP contribution in [0.1, 0.15) is 22.8 Å². The molecule has 0 aromatic heterocycles. The summed E-state index contributed by atoms with van der Waals surface area (Å²) in [5, 5.41) is 0.685. The molecule has 0 heterocycles. The van der Waals surface area contributed by atoms with Gasteiger partial charge in [0.05, 0.1) is 0 Å². The second-order valence-electron chi connectivity index (χ2n) is 4.33. The van der Waals surface area contributed by atoms with E-state index in [0.717, 1.165) is 12.0 Å². The Hall–Kier alpha value is -1.87. The minimum absolute atomic E-state index is 0.0869. The highest BCUT2D eigenvalue weighted by Crippen LogP contribution is 2.22. The summed E-state index contributed by atoms with van der Waals surface area (Å²) in [5.41, 5.74) is 1.40. The van der Waals surface area contributed by atoms with Gasteiger partial charge in [-0.2, -0.15) is 0 Å². The second-order valence-corrected chi connectivity index (χ2v) is 4.73. The van der Waals surface area contributed by atoms with Crippen LogP contribution in [0, 0.1) is 5.82 Å². The molecule has 0 aliphatic carbocycles. The van der Waals surface area contributed by atoms with Gasteiger partial charge in [0.2, 0.25) is 0 Å². The lowest BCUT2D eigenvalue weighted by atomic mass is 10.1. The fourth-order valence-electron chi connectivity index (χ4n) is 1.78. The van der Waals surface area contributed by atoms with E-state index in [9.17, 15) is 9.18 Å². The highest BCUT2D eigenvalue weighted by Gasteiger charge is 2.08. The molecule has 0 unspecified atom stereocenters. The molecule has 0 atom stereocenters. The van der Waals surface area contributed by atoms with Crippen molar-refractivity contribution in [3.05, 3.63) is 64.4 Å². The van der Waals surface area contributed by atoms with Crippen LogP contribution in [0.2, 0.25) is 5.02 Å². The maximum atomic E-state index is 12.8. The van der Waals surface area contributed by atoms with Crippen LogP contribution in [0.4, 0.5) is 4.39 Å². The highest BCUT2D eigenvalue weighted by molar-refractivity contribution is 6.31. The average Bonchev–Trinajstić information content (AvgIpc) is 2.46. The maximum absolute atomic E-state index is 12.8. The summed E-state index contributed by atoms with van der Waals surface area (Å²) in [5.74, 6) is 0.0347. The predicted molar refractivity (Wildman–Crippen MR) is 77.1 cm³/mol. The molecule has 0 spiro atoms. The first kappa shape index (κ1) is 14.5. The van der Waals surface area contributed by atoms with Gasteiger partial charge in [0, 0.05) is 10.6 Å². The monoisotopic (exact) mass is 292 g/mol. The van der Waals surface area contributed by atoms with E-state index in [4.69, 9.17) is 16.3 Å². The van der Waals surface area contributed by atoms with Gasteiger partial charge >= 0.3 is 0 Å². The number of carbonyl (C=O) groups is 1. The van der Waals surface area contributed by atoms with Gasteiger partial charge in [-0.1, -0.05) is 18.5 Å². The van der Waals surface area contributed by atoms with Crippen molar-refractivity contribution in [3.8, 4) is 5.75 Å². The molecule has 0 bridgehead atoms. The molecule has 4 heteroatoms. The van der Waals surface area contributed by atoms with Crippen LogP contribution in [-0.2, 0) is 6.42 Å². The zero-order valence-electron chi connectivity index (χ0n) is 11.0. The first-order chi connectivity index (χ1) is 9.60. The number of hydrogen-bond acceptors (Lipinski definition) is 2. The van der Waals surface area contributed by atoms with Gasteiger partial charge in [-0.15, -0.1) is 0 Å². The van der Waals surface area contributed by atoms with Gasteiger partial charge in [-0.25, -0.2) is 4.39 Å². The molecule has 0 saturated heterocycles. The Morgan fingerprint density at radius 3 is 2.55 bits per heavy atom. The molecule has 2 aromatic carbocycles. The Labute approximate surface area is 122 Å². The fourth-order valence-corrected chi connectivity index (χ4v) is 2.03. The summed E-state index contributed by atoms with van der Waals surface area (Å²) in [6.07, 6.45) is 0.794. The van der Waals surface area contributed by atoms with Crippen molar-refractivity contribution in [2.75, 3.05) is 6.61 Å². The molecule has 20 heavy (non-hydrogen) atoms. The maximum Gasteiger partial charge on any atom is 0.200 e. The van der Waals surface area contributed by atoms with Crippen LogP contribution in [0.5, 0.6) is 5.75 Å². The van der Waals surface area contributed by atoms with E-state index < -0.39 is 0 Å². The van der Waals surface area contributed by atoms with Crippen LogP contribution in [-0.4, -0.2) is 12.4 Å². The van der Waals surface area contributed by atoms with E-state index in [0.29, 0.717) is 16.3 Å². The second kappa shape index (κ2) is 6.53. The van der Waals surface area contributed by atoms with Gasteiger partial charge in [-0.3, -0.25) is 4.79 Å². The number of rotatable bonds is 5. The van der Waals surface area contributed by atoms with Crippen LogP contribution in [0.15, 0.2) is 42.5 Å². The minimum atomic E-state index is -0.368. The number of hydrogen-bond donors (Lipinski definition) is 0. The Morgan fingerprint density at radius 1 is 1.20 bits per heavy atom. The van der Waals surface area contributed by atoms with Crippen molar-refractivity contribution in [1.29, 1.82) is 0 Å². The number of benzene rings is 2. The van der Waals surface area contributed by atoms with E-state index in [-0.39, 0.29) is 18.2 Å². The third-order valence-corrected chi connectivity index (χ3v) is 3.30. The normalized spacial score (nSPS) is 10.3. The van der Waals surface area contributed by atoms with E-state index in [1.807, 2.05) is 13.0 Å². The third-order valence-electron chi connectivity index (χ3n) is 2.93. The molecule has 0 fully saturated rings. The standard InChI is InChI=1S/C16H14ClFO2/c1-2-11-9-14(7-8-15(11)17)20-10-16(19)12-3-5-13(18)6-4-12/h3-9H,2,10H2,1H3. The SMILES string of the molecule is CCc1cc(OCC(=O)c2ccc(F)cc2)ccc1Cl. The first-order valence-corrected chi connectivity index (χ1v) is 6.68. The van der Waals surface area contributed by atoms with Gasteiger partial charge in [-0.05, 0) is 54.4 Å². The molecule has 2 rings (SSSR count). The number of aryl methyl sites for hydroxylation is 1. The van der Waals surface area contributed by atoms with Crippen molar-refractivity contribution >= 4 is 17.4 Å². The largest absolute Gasteiger partial charge is 0.485 e. The van der Waals surface area contributed by atoms with Crippen LogP contribution in [0.25, 0.3) is 0 Å². The summed E-state index contributed by atoms with van der Waals surface area (Å²) in [6.45, 7) is 1.91. The summed E-state index contributed by atoms with van der Waals surface area (Å²) in [6, 6.07) is 10.7. The summed E-state index contributed by atoms with van der Waals surface area (Å²) >= 11 is 6.01. The number of halogens is 2. The molecule has 0 aliphatic rings. The minimum Gasteiger partial charge on any atom is -0.485 e. The lowest BCUT2D eigenvalue weighted by Crippen LogP contribution is -2.11. The molecular weight excluding hydrogens is 279 g/mol. The van der Waals surface area contributed by atoms with Gasteiger partial charge in [0.25, 0.3) is 0 Å². The number of Topliss-reactive ketones (excluding diaryl/α,β-unsaturated/α-hetero) is 1. The van der Waals surface area contributed by atoms with Gasteiger partial charge < -0.3 is 4.74 Å². The van der Waals surface area contributed by atoms with E-state index in [1.165, 1.54) is 24.3 Å². The van der Waals surface area contributed by atoms with Crippen molar-refractivity contribution in [2.45, 2.75) is 13.3 Å². The van der Waals surface area contributed by atoms with Crippen molar-refractivity contribution < 1.29 is 13.9 Å². The molecule has 0 radical (unpaired) electrons. The third kappa shape index (κ3) is 3.58. The average molecular weight is 293 g/mol. The fraction of sp³-hybridized carbons (Fsp3) is 0.188. The smallest absolute Gasteiger partial charge is 0.200 e. The summed E-state index contributed by atoms with van der Waals surface area (Å²) in [4.78, 5) is 11.9. The van der Waals surface area contributed by atoms with E-state index >= 15 is 0 Å². The molecule has 0 saturated carbocycles. The molecule has 104 valence electrons. The van der Waals surface area contributed by atoms with Crippen LogP contribution in [0.3, 0.4) is 0 Å². The molecule has 0 aliphatic heterocycles. The van der Waals surface area contributed by atoms with Gasteiger partial charge in [0.1, 0.15) is 11.6 Å². The van der Waals surface area contributed by atoms with Crippen molar-refractivity contribution in [1.82, 2.24) is 0 Å². The van der Waals surface area contributed by atoms with Crippen molar-refractivity contribution in [3.63, 3.8) is 0 Å². The van der Waals surface area contributed by atoms with E-state index in [2.05, 4.69) is 0 Å². The Morgan fingerprint density at radius 2 is 1.90 bits per heavy atom. The number of carbonyl (C=O) groups excluding carboxylic acids is 1. The molecule has 2 aromatic rings. The number of ketones is 1. The zero-order valence-corrected chi connectivity index (χ0v) is 11.8. The number of ether oxygens (including phenoxy) is 1. The van der Waals surface area contributed by atoms with Crippen molar-refractivity contribution in [2.24, 2.45) is 0 Å².